The van der Waals surface area contributed by atoms with E-state index < -0.39 is 88.7 Å². The first kappa shape index (κ1) is 23.1. The van der Waals surface area contributed by atoms with E-state index in [4.69, 9.17) is 0 Å². The maximum absolute atomic E-state index is 13.5. The predicted molar refractivity (Wildman–Crippen MR) is 82.2 cm³/mol. The first-order valence-corrected chi connectivity index (χ1v) is 8.02. The second-order valence-corrected chi connectivity index (χ2v) is 5.93. The summed E-state index contributed by atoms with van der Waals surface area (Å²) in [6.45, 7) is 1.09. The van der Waals surface area contributed by atoms with Crippen LogP contribution in [0.5, 0.6) is 11.5 Å². The smallest absolute Gasteiger partial charge is 0.314 e. The maximum atomic E-state index is 13.5. The van der Waals surface area contributed by atoms with Crippen molar-refractivity contribution in [1.29, 1.82) is 0 Å². The van der Waals surface area contributed by atoms with Crippen molar-refractivity contribution in [3.05, 3.63) is 58.7 Å². The average Bonchev–Trinajstić information content (AvgIpc) is 2.69. The molecular weight excluding hydrogens is 432 g/mol. The van der Waals surface area contributed by atoms with Gasteiger partial charge in [-0.15, -0.1) is 0 Å². The third-order valence-corrected chi connectivity index (χ3v) is 3.75. The first-order valence-electron chi connectivity index (χ1n) is 8.02. The third-order valence-electron chi connectivity index (χ3n) is 3.75. The van der Waals surface area contributed by atoms with Crippen molar-refractivity contribution in [2.45, 2.75) is 19.8 Å². The van der Waals surface area contributed by atoms with Crippen molar-refractivity contribution in [3.8, 4) is 11.5 Å². The molecule has 0 aliphatic rings. The van der Waals surface area contributed by atoms with E-state index in [-0.39, 0.29) is 12.1 Å². The third kappa shape index (κ3) is 4.86. The summed E-state index contributed by atoms with van der Waals surface area (Å²) < 4.78 is 115. The molecule has 0 unspecified atom stereocenters. The molecule has 30 heavy (non-hydrogen) atoms. The predicted octanol–water partition coefficient (Wildman–Crippen LogP) is 4.73. The van der Waals surface area contributed by atoms with Gasteiger partial charge in [0.15, 0.2) is 23.3 Å². The van der Waals surface area contributed by atoms with Gasteiger partial charge in [-0.25, -0.2) is 17.6 Å². The SMILES string of the molecule is C[C@@H](CCC(=O)Oc1c(F)c(F)cc(F)c1F)C(=O)Oc1c(F)c(F)cc(F)c1F. The van der Waals surface area contributed by atoms with E-state index >= 15 is 0 Å². The van der Waals surface area contributed by atoms with Crippen LogP contribution in [0.4, 0.5) is 35.1 Å². The van der Waals surface area contributed by atoms with Crippen molar-refractivity contribution >= 4 is 11.9 Å². The Bertz CT molecular complexity index is 956. The fraction of sp³-hybridized carbons (Fsp3) is 0.222. The van der Waals surface area contributed by atoms with Crippen molar-refractivity contribution in [2.24, 2.45) is 5.92 Å². The van der Waals surface area contributed by atoms with Gasteiger partial charge in [0.2, 0.25) is 34.8 Å². The largest absolute Gasteiger partial charge is 0.420 e. The Balaban J connectivity index is 2.02. The molecule has 12 heteroatoms. The zero-order valence-corrected chi connectivity index (χ0v) is 14.8. The van der Waals surface area contributed by atoms with E-state index in [9.17, 15) is 44.7 Å². The highest BCUT2D eigenvalue weighted by atomic mass is 19.2. The van der Waals surface area contributed by atoms with E-state index in [0.29, 0.717) is 0 Å². The number of carbonyl (C=O) groups excluding carboxylic acids is 2. The molecule has 0 fully saturated rings. The molecule has 0 N–H and O–H groups in total. The topological polar surface area (TPSA) is 52.6 Å². The standard InChI is InChI=1S/C18H10F8O4/c1-6(18(28)30-17-14(25)9(21)5-10(22)15(17)26)2-3-11(27)29-16-12(23)7(19)4-8(20)13(16)24/h4-6H,2-3H2,1H3/t6-/m0/s1. The summed E-state index contributed by atoms with van der Waals surface area (Å²) in [6, 6.07) is -0.206. The number of halogens is 8. The van der Waals surface area contributed by atoms with Crippen LogP contribution in [-0.4, -0.2) is 11.9 Å². The van der Waals surface area contributed by atoms with Crippen LogP contribution < -0.4 is 9.47 Å². The monoisotopic (exact) mass is 442 g/mol. The minimum atomic E-state index is -1.96. The first-order chi connectivity index (χ1) is 13.9. The number of benzene rings is 2. The zero-order valence-electron chi connectivity index (χ0n) is 14.8. The molecule has 0 saturated carbocycles. The minimum Gasteiger partial charge on any atom is -0.420 e. The molecule has 0 aromatic heterocycles. The summed E-state index contributed by atoms with van der Waals surface area (Å²) in [4.78, 5) is 23.5. The van der Waals surface area contributed by atoms with Gasteiger partial charge in [0.25, 0.3) is 0 Å². The Labute approximate surface area is 163 Å². The normalized spacial score (nSPS) is 11.9. The lowest BCUT2D eigenvalue weighted by Gasteiger charge is -2.13. The van der Waals surface area contributed by atoms with Crippen LogP contribution in [-0.2, 0) is 9.59 Å². The number of carbonyl (C=O) groups is 2. The quantitative estimate of drug-likeness (QED) is 0.281. The van der Waals surface area contributed by atoms with Crippen LogP contribution >= 0.6 is 0 Å². The van der Waals surface area contributed by atoms with Gasteiger partial charge in [-0.1, -0.05) is 6.92 Å². The van der Waals surface area contributed by atoms with E-state index in [1.54, 1.807) is 0 Å². The lowest BCUT2D eigenvalue weighted by molar-refractivity contribution is -0.140. The van der Waals surface area contributed by atoms with Crippen LogP contribution in [0.2, 0.25) is 0 Å². The summed E-state index contributed by atoms with van der Waals surface area (Å²) in [7, 11) is 0. The number of esters is 2. The molecule has 4 nitrogen and oxygen atoms in total. The van der Waals surface area contributed by atoms with Crippen LogP contribution in [0.25, 0.3) is 0 Å². The van der Waals surface area contributed by atoms with Crippen LogP contribution in [0, 0.1) is 52.5 Å². The summed E-state index contributed by atoms with van der Waals surface area (Å²) in [5, 5.41) is 0. The van der Waals surface area contributed by atoms with Gasteiger partial charge in [0.05, 0.1) is 5.92 Å². The van der Waals surface area contributed by atoms with E-state index in [2.05, 4.69) is 9.47 Å². The molecule has 0 spiro atoms. The second-order valence-electron chi connectivity index (χ2n) is 5.93. The Kier molecular flexibility index (Phi) is 7.00. The highest BCUT2D eigenvalue weighted by molar-refractivity contribution is 5.77. The minimum absolute atomic E-state index is 0.102. The van der Waals surface area contributed by atoms with Crippen molar-refractivity contribution in [3.63, 3.8) is 0 Å². The average molecular weight is 442 g/mol. The molecule has 2 aromatic rings. The highest BCUT2D eigenvalue weighted by Crippen LogP contribution is 2.29. The molecule has 0 aliphatic carbocycles. The van der Waals surface area contributed by atoms with E-state index in [1.165, 1.54) is 0 Å². The van der Waals surface area contributed by atoms with Crippen molar-refractivity contribution in [2.75, 3.05) is 0 Å². The fourth-order valence-corrected chi connectivity index (χ4v) is 2.10. The Morgan fingerprint density at radius 2 is 1.10 bits per heavy atom. The molecule has 0 aliphatic heterocycles. The molecule has 0 saturated heterocycles. The Morgan fingerprint density at radius 1 is 0.733 bits per heavy atom. The molecule has 2 rings (SSSR count). The molecule has 2 aromatic carbocycles. The summed E-state index contributed by atoms with van der Waals surface area (Å²) in [5.41, 5.74) is 0. The van der Waals surface area contributed by atoms with Gasteiger partial charge < -0.3 is 9.47 Å². The molecule has 0 radical (unpaired) electrons. The van der Waals surface area contributed by atoms with Gasteiger partial charge >= 0.3 is 11.9 Å². The summed E-state index contributed by atoms with van der Waals surface area (Å²) in [6.07, 6.45) is -1.24. The number of rotatable bonds is 6. The van der Waals surface area contributed by atoms with Gasteiger partial charge in [0, 0.05) is 18.6 Å². The fourth-order valence-electron chi connectivity index (χ4n) is 2.10. The Hall–Kier alpha value is -3.18. The number of ether oxygens (including phenoxy) is 2. The number of hydrogen-bond acceptors (Lipinski definition) is 4. The van der Waals surface area contributed by atoms with Crippen LogP contribution in [0.1, 0.15) is 19.8 Å². The van der Waals surface area contributed by atoms with Crippen LogP contribution in [0.3, 0.4) is 0 Å². The lowest BCUT2D eigenvalue weighted by Crippen LogP contribution is -2.21. The van der Waals surface area contributed by atoms with Crippen molar-refractivity contribution in [1.82, 2.24) is 0 Å². The molecule has 0 bridgehead atoms. The molecule has 1 atom stereocenters. The van der Waals surface area contributed by atoms with Gasteiger partial charge in [-0.05, 0) is 6.42 Å². The van der Waals surface area contributed by atoms with Gasteiger partial charge in [0.1, 0.15) is 0 Å². The summed E-state index contributed by atoms with van der Waals surface area (Å²) in [5.74, 6) is -22.5. The molecule has 0 amide bonds. The summed E-state index contributed by atoms with van der Waals surface area (Å²) >= 11 is 0. The molecular formula is C18H10F8O4. The molecule has 0 heterocycles. The van der Waals surface area contributed by atoms with E-state index in [1.807, 2.05) is 0 Å². The highest BCUT2D eigenvalue weighted by Gasteiger charge is 2.27. The number of hydrogen-bond donors (Lipinski definition) is 0. The maximum Gasteiger partial charge on any atom is 0.314 e. The Morgan fingerprint density at radius 3 is 1.50 bits per heavy atom. The lowest BCUT2D eigenvalue weighted by atomic mass is 10.1. The zero-order chi connectivity index (χ0) is 22.7. The van der Waals surface area contributed by atoms with Crippen LogP contribution in [0.15, 0.2) is 12.1 Å². The van der Waals surface area contributed by atoms with Gasteiger partial charge in [-0.3, -0.25) is 9.59 Å². The van der Waals surface area contributed by atoms with Gasteiger partial charge in [-0.2, -0.15) is 17.6 Å². The van der Waals surface area contributed by atoms with E-state index in [0.717, 1.165) is 6.92 Å². The second kappa shape index (κ2) is 9.09. The van der Waals surface area contributed by atoms with Crippen molar-refractivity contribution < 1.29 is 54.2 Å². The molecule has 162 valence electrons.